The number of piperidine rings is 1. The summed E-state index contributed by atoms with van der Waals surface area (Å²) in [5, 5.41) is 2.78. The van der Waals surface area contributed by atoms with Gasteiger partial charge < -0.3 is 5.32 Å². The van der Waals surface area contributed by atoms with Gasteiger partial charge >= 0.3 is 0 Å². The molecule has 1 aliphatic heterocycles. The Labute approximate surface area is 167 Å². The number of anilines is 2. The SMILES string of the molecule is CCCS(=O)(=O)N1CCCCC1C(=O)Nc1ccc(NS(=O)(=O)CC)c(C)c1. The lowest BCUT2D eigenvalue weighted by molar-refractivity contribution is -0.120. The van der Waals surface area contributed by atoms with Crippen LogP contribution >= 0.6 is 0 Å². The quantitative estimate of drug-likeness (QED) is 0.656. The van der Waals surface area contributed by atoms with Gasteiger partial charge in [-0.2, -0.15) is 4.31 Å². The molecule has 0 saturated carbocycles. The van der Waals surface area contributed by atoms with E-state index in [1.54, 1.807) is 39.0 Å². The van der Waals surface area contributed by atoms with Crippen LogP contribution in [0.25, 0.3) is 0 Å². The summed E-state index contributed by atoms with van der Waals surface area (Å²) in [7, 11) is -6.85. The third-order valence-electron chi connectivity index (χ3n) is 4.72. The Morgan fingerprint density at radius 2 is 1.89 bits per heavy atom. The lowest BCUT2D eigenvalue weighted by Gasteiger charge is -2.33. The molecule has 1 heterocycles. The van der Waals surface area contributed by atoms with Crippen molar-refractivity contribution in [2.75, 3.05) is 28.1 Å². The van der Waals surface area contributed by atoms with Crippen LogP contribution in [0, 0.1) is 6.92 Å². The van der Waals surface area contributed by atoms with Gasteiger partial charge in [-0.1, -0.05) is 13.3 Å². The maximum absolute atomic E-state index is 12.8. The fourth-order valence-corrected chi connectivity index (χ4v) is 5.65. The molecule has 158 valence electrons. The van der Waals surface area contributed by atoms with E-state index < -0.39 is 26.1 Å². The summed E-state index contributed by atoms with van der Waals surface area (Å²) < 4.78 is 52.3. The Hall–Kier alpha value is -1.65. The molecule has 1 amide bonds. The van der Waals surface area contributed by atoms with Gasteiger partial charge in [0.2, 0.25) is 26.0 Å². The van der Waals surface area contributed by atoms with E-state index in [-0.39, 0.29) is 17.4 Å². The summed E-state index contributed by atoms with van der Waals surface area (Å²) in [6.07, 6.45) is 2.54. The van der Waals surface area contributed by atoms with Crippen molar-refractivity contribution < 1.29 is 21.6 Å². The minimum Gasteiger partial charge on any atom is -0.325 e. The van der Waals surface area contributed by atoms with Crippen molar-refractivity contribution in [2.24, 2.45) is 0 Å². The molecule has 1 atom stereocenters. The van der Waals surface area contributed by atoms with Crippen LogP contribution in [0.3, 0.4) is 0 Å². The second kappa shape index (κ2) is 9.23. The molecule has 1 aromatic rings. The number of hydrogen-bond donors (Lipinski definition) is 2. The summed E-state index contributed by atoms with van der Waals surface area (Å²) in [5.74, 6) is -0.364. The van der Waals surface area contributed by atoms with E-state index in [9.17, 15) is 21.6 Å². The third kappa shape index (κ3) is 5.68. The van der Waals surface area contributed by atoms with Crippen molar-refractivity contribution in [1.29, 1.82) is 0 Å². The first-order valence-corrected chi connectivity index (χ1v) is 12.8. The molecular weight excluding hydrogens is 402 g/mol. The van der Waals surface area contributed by atoms with Crippen LogP contribution in [-0.4, -0.2) is 51.1 Å². The van der Waals surface area contributed by atoms with Gasteiger partial charge in [-0.25, -0.2) is 16.8 Å². The van der Waals surface area contributed by atoms with Gasteiger partial charge in [0.25, 0.3) is 0 Å². The number of nitrogens with one attached hydrogen (secondary N) is 2. The molecular formula is C18H29N3O5S2. The summed E-state index contributed by atoms with van der Waals surface area (Å²) in [5.41, 5.74) is 1.61. The van der Waals surface area contributed by atoms with Crippen LogP contribution in [0.1, 0.15) is 45.1 Å². The number of carbonyl (C=O) groups is 1. The second-order valence-corrected chi connectivity index (χ2v) is 11.0. The first-order valence-electron chi connectivity index (χ1n) is 9.51. The normalized spacial score (nSPS) is 18.6. The molecule has 8 nitrogen and oxygen atoms in total. The highest BCUT2D eigenvalue weighted by Crippen LogP contribution is 2.25. The number of sulfonamides is 2. The number of aryl methyl sites for hydroxylation is 1. The largest absolute Gasteiger partial charge is 0.325 e. The van der Waals surface area contributed by atoms with E-state index in [0.717, 1.165) is 12.8 Å². The van der Waals surface area contributed by atoms with E-state index in [1.165, 1.54) is 4.31 Å². The Kier molecular flexibility index (Phi) is 7.46. The summed E-state index contributed by atoms with van der Waals surface area (Å²) >= 11 is 0. The van der Waals surface area contributed by atoms with Crippen LogP contribution in [0.4, 0.5) is 11.4 Å². The zero-order valence-electron chi connectivity index (χ0n) is 16.6. The monoisotopic (exact) mass is 431 g/mol. The Bertz CT molecular complexity index is 913. The molecule has 1 unspecified atom stereocenters. The van der Waals surface area contributed by atoms with Gasteiger partial charge in [0, 0.05) is 12.2 Å². The molecule has 0 radical (unpaired) electrons. The molecule has 0 bridgehead atoms. The van der Waals surface area contributed by atoms with E-state index in [0.29, 0.717) is 36.3 Å². The molecule has 10 heteroatoms. The number of hydrogen-bond acceptors (Lipinski definition) is 5. The number of amides is 1. The van der Waals surface area contributed by atoms with Gasteiger partial charge in [0.1, 0.15) is 6.04 Å². The average molecular weight is 432 g/mol. The summed E-state index contributed by atoms with van der Waals surface area (Å²) in [6, 6.07) is 4.14. The Balaban J connectivity index is 2.16. The van der Waals surface area contributed by atoms with Gasteiger partial charge in [-0.05, 0) is 56.9 Å². The van der Waals surface area contributed by atoms with Crippen LogP contribution in [0.2, 0.25) is 0 Å². The van der Waals surface area contributed by atoms with Crippen LogP contribution < -0.4 is 10.0 Å². The fraction of sp³-hybridized carbons (Fsp3) is 0.611. The molecule has 1 aliphatic rings. The van der Waals surface area contributed by atoms with E-state index in [4.69, 9.17) is 0 Å². The molecule has 2 rings (SSSR count). The summed E-state index contributed by atoms with van der Waals surface area (Å²) in [6.45, 7) is 5.45. The molecule has 1 aromatic carbocycles. The van der Waals surface area contributed by atoms with Crippen molar-refractivity contribution in [2.45, 2.75) is 52.5 Å². The maximum Gasteiger partial charge on any atom is 0.242 e. The van der Waals surface area contributed by atoms with Crippen LogP contribution in [0.5, 0.6) is 0 Å². The standard InChI is InChI=1S/C18H29N3O5S2/c1-4-12-28(25,26)21-11-7-6-8-17(21)18(22)19-15-9-10-16(14(3)13-15)20-27(23,24)5-2/h9-10,13,17,20H,4-8,11-12H2,1-3H3,(H,19,22). The van der Waals surface area contributed by atoms with Crippen molar-refractivity contribution in [3.63, 3.8) is 0 Å². The molecule has 28 heavy (non-hydrogen) atoms. The Morgan fingerprint density at radius 3 is 2.50 bits per heavy atom. The molecule has 0 aliphatic carbocycles. The molecule has 1 fully saturated rings. The maximum atomic E-state index is 12.8. The van der Waals surface area contributed by atoms with Crippen molar-refractivity contribution in [3.05, 3.63) is 23.8 Å². The minimum atomic E-state index is -3.46. The zero-order valence-corrected chi connectivity index (χ0v) is 18.2. The van der Waals surface area contributed by atoms with Crippen LogP contribution in [0.15, 0.2) is 18.2 Å². The number of rotatable bonds is 8. The number of nitrogens with zero attached hydrogens (tertiary/aromatic N) is 1. The second-order valence-electron chi connectivity index (χ2n) is 6.96. The lowest BCUT2D eigenvalue weighted by atomic mass is 10.0. The number of benzene rings is 1. The third-order valence-corrected chi connectivity index (χ3v) is 8.08. The summed E-state index contributed by atoms with van der Waals surface area (Å²) in [4.78, 5) is 12.8. The number of carbonyl (C=O) groups excluding carboxylic acids is 1. The topological polar surface area (TPSA) is 113 Å². The van der Waals surface area contributed by atoms with Gasteiger partial charge in [0.05, 0.1) is 17.2 Å². The van der Waals surface area contributed by atoms with E-state index >= 15 is 0 Å². The van der Waals surface area contributed by atoms with Gasteiger partial charge in [-0.15, -0.1) is 0 Å². The predicted molar refractivity (Wildman–Crippen MR) is 111 cm³/mol. The molecule has 1 saturated heterocycles. The molecule has 2 N–H and O–H groups in total. The van der Waals surface area contributed by atoms with Crippen molar-refractivity contribution >= 4 is 37.3 Å². The van der Waals surface area contributed by atoms with E-state index in [1.807, 2.05) is 0 Å². The molecule has 0 aromatic heterocycles. The first-order chi connectivity index (χ1) is 13.1. The van der Waals surface area contributed by atoms with Crippen LogP contribution in [-0.2, 0) is 24.8 Å². The van der Waals surface area contributed by atoms with Crippen molar-refractivity contribution in [1.82, 2.24) is 4.31 Å². The highest BCUT2D eigenvalue weighted by atomic mass is 32.2. The molecule has 0 spiro atoms. The Morgan fingerprint density at radius 1 is 1.18 bits per heavy atom. The van der Waals surface area contributed by atoms with Crippen molar-refractivity contribution in [3.8, 4) is 0 Å². The predicted octanol–water partition coefficient (Wildman–Crippen LogP) is 2.29. The first kappa shape index (κ1) is 22.6. The highest BCUT2D eigenvalue weighted by molar-refractivity contribution is 7.92. The average Bonchev–Trinajstić information content (AvgIpc) is 2.64. The van der Waals surface area contributed by atoms with Gasteiger partial charge in [0.15, 0.2) is 0 Å². The minimum absolute atomic E-state index is 0.0299. The van der Waals surface area contributed by atoms with E-state index in [2.05, 4.69) is 10.0 Å². The smallest absolute Gasteiger partial charge is 0.242 e. The highest BCUT2D eigenvalue weighted by Gasteiger charge is 2.36. The fourth-order valence-electron chi connectivity index (χ4n) is 3.20. The lowest BCUT2D eigenvalue weighted by Crippen LogP contribution is -2.50. The zero-order chi connectivity index (χ0) is 20.9. The van der Waals surface area contributed by atoms with Gasteiger partial charge in [-0.3, -0.25) is 9.52 Å².